The lowest BCUT2D eigenvalue weighted by Crippen LogP contribution is -2.30. The van der Waals surface area contributed by atoms with Crippen LogP contribution >= 0.6 is 0 Å². The fourth-order valence-corrected chi connectivity index (χ4v) is 3.11. The highest BCUT2D eigenvalue weighted by Gasteiger charge is 2.30. The van der Waals surface area contributed by atoms with Gasteiger partial charge in [0.15, 0.2) is 0 Å². The molecule has 0 bridgehead atoms. The van der Waals surface area contributed by atoms with Crippen molar-refractivity contribution in [1.82, 2.24) is 0 Å². The highest BCUT2D eigenvalue weighted by molar-refractivity contribution is 5.78. The van der Waals surface area contributed by atoms with Crippen LogP contribution < -0.4 is 19.9 Å². The van der Waals surface area contributed by atoms with Gasteiger partial charge in [0.05, 0.1) is 16.5 Å². The van der Waals surface area contributed by atoms with Crippen molar-refractivity contribution >= 4 is 23.5 Å². The average Bonchev–Trinajstić information content (AvgIpc) is 2.57. The van der Waals surface area contributed by atoms with Gasteiger partial charge >= 0.3 is 11.9 Å². The van der Waals surface area contributed by atoms with E-state index in [1.54, 1.807) is 12.1 Å². The summed E-state index contributed by atoms with van der Waals surface area (Å²) in [6.45, 7) is 3.87. The summed E-state index contributed by atoms with van der Waals surface area (Å²) in [6.07, 6.45) is -1.20. The summed E-state index contributed by atoms with van der Waals surface area (Å²) in [7, 11) is 0. The van der Waals surface area contributed by atoms with Crippen molar-refractivity contribution in [3.8, 4) is 11.5 Å². The predicted octanol–water partition coefficient (Wildman–Crippen LogP) is 1.33. The van der Waals surface area contributed by atoms with Gasteiger partial charge in [-0.2, -0.15) is 0 Å². The third kappa shape index (κ3) is 3.24. The predicted molar refractivity (Wildman–Crippen MR) is 95.7 cm³/mol. The molecule has 1 aliphatic carbocycles. The van der Waals surface area contributed by atoms with Crippen LogP contribution in [0.15, 0.2) is 30.3 Å². The molecule has 2 aromatic carbocycles. The molecule has 0 aromatic heterocycles. The second kappa shape index (κ2) is 6.77. The molecule has 3 N–H and O–H groups in total. The van der Waals surface area contributed by atoms with Crippen LogP contribution in [0.2, 0.25) is 0 Å². The number of ether oxygens (including phenoxy) is 2. The number of hydrogen-bond acceptors (Lipinski definition) is 7. The number of carbonyl (C=O) groups excluding carboxylic acids is 2. The first-order chi connectivity index (χ1) is 12.7. The molecule has 0 saturated carbocycles. The molecule has 0 saturated heterocycles. The summed E-state index contributed by atoms with van der Waals surface area (Å²) < 4.78 is 10.3. The maximum Gasteiger partial charge on any atom is 0.308 e. The van der Waals surface area contributed by atoms with Crippen molar-refractivity contribution in [3.05, 3.63) is 57.5 Å². The normalized spacial score (nSPS) is 16.1. The van der Waals surface area contributed by atoms with Gasteiger partial charge in [-0.25, -0.2) is 0 Å². The summed E-state index contributed by atoms with van der Waals surface area (Å²) in [5, 5.41) is 32.0. The first kappa shape index (κ1) is 18.5. The molecule has 0 fully saturated rings. The number of esters is 2. The molecular weight excluding hydrogens is 352 g/mol. The minimum Gasteiger partial charge on any atom is -0.512 e. The van der Waals surface area contributed by atoms with E-state index in [9.17, 15) is 24.9 Å². The van der Waals surface area contributed by atoms with Gasteiger partial charge in [-0.1, -0.05) is 12.1 Å². The maximum absolute atomic E-state index is 11.5. The number of hydrogen-bond donors (Lipinski definition) is 3. The fraction of sp³-hybridized carbons (Fsp3) is 0.200. The topological polar surface area (TPSA) is 113 Å². The SMILES string of the molecule is CC(=O)Oc1cccc2c1C(O)=c1c(OC(C)=O)cc(=C(C)O)cc1C2O. The highest BCUT2D eigenvalue weighted by atomic mass is 16.5. The zero-order valence-corrected chi connectivity index (χ0v) is 14.9. The number of rotatable bonds is 2. The first-order valence-electron chi connectivity index (χ1n) is 8.16. The van der Waals surface area contributed by atoms with Gasteiger partial charge in [0.2, 0.25) is 0 Å². The smallest absolute Gasteiger partial charge is 0.308 e. The Morgan fingerprint density at radius 3 is 2.19 bits per heavy atom. The maximum atomic E-state index is 11.5. The van der Waals surface area contributed by atoms with E-state index in [4.69, 9.17) is 9.47 Å². The number of fused-ring (bicyclic) bond motifs is 2. The molecule has 0 aliphatic heterocycles. The molecule has 0 heterocycles. The second-order valence-electron chi connectivity index (χ2n) is 6.18. The summed E-state index contributed by atoms with van der Waals surface area (Å²) in [6, 6.07) is 7.54. The van der Waals surface area contributed by atoms with E-state index >= 15 is 0 Å². The van der Waals surface area contributed by atoms with E-state index < -0.39 is 18.0 Å². The van der Waals surface area contributed by atoms with Crippen LogP contribution in [0.3, 0.4) is 0 Å². The van der Waals surface area contributed by atoms with E-state index in [0.717, 1.165) is 0 Å². The number of benzene rings is 2. The van der Waals surface area contributed by atoms with Crippen LogP contribution in [0.4, 0.5) is 0 Å². The molecule has 1 atom stereocenters. The average molecular weight is 370 g/mol. The quantitative estimate of drug-likeness (QED) is 0.540. The zero-order valence-electron chi connectivity index (χ0n) is 14.9. The lowest BCUT2D eigenvalue weighted by Gasteiger charge is -2.24. The van der Waals surface area contributed by atoms with Crippen molar-refractivity contribution < 1.29 is 34.4 Å². The standard InChI is InChI=1S/C20H18O7/c1-9(21)12-7-14-18(16(8-12)27-11(3)23)20(25)17-13(19(14)24)5-4-6-15(17)26-10(2)22/h4-8,19,21,24-25H,1-3H3. The molecule has 7 nitrogen and oxygen atoms in total. The van der Waals surface area contributed by atoms with Gasteiger partial charge in [0.1, 0.15) is 23.4 Å². The Kier molecular flexibility index (Phi) is 4.63. The summed E-state index contributed by atoms with van der Waals surface area (Å²) >= 11 is 0. The van der Waals surface area contributed by atoms with Crippen LogP contribution in [0, 0.1) is 0 Å². The van der Waals surface area contributed by atoms with Crippen LogP contribution in [-0.2, 0) is 9.59 Å². The van der Waals surface area contributed by atoms with Gasteiger partial charge in [0, 0.05) is 24.6 Å². The summed E-state index contributed by atoms with van der Waals surface area (Å²) in [4.78, 5) is 22.9. The van der Waals surface area contributed by atoms with E-state index in [0.29, 0.717) is 10.8 Å². The van der Waals surface area contributed by atoms with Crippen molar-refractivity contribution in [3.63, 3.8) is 0 Å². The van der Waals surface area contributed by atoms with Crippen molar-refractivity contribution in [2.24, 2.45) is 0 Å². The van der Waals surface area contributed by atoms with E-state index in [1.165, 1.54) is 39.0 Å². The minimum atomic E-state index is -1.20. The number of aliphatic hydroxyl groups excluding tert-OH is 3. The van der Waals surface area contributed by atoms with E-state index in [2.05, 4.69) is 0 Å². The molecule has 3 rings (SSSR count). The van der Waals surface area contributed by atoms with E-state index in [-0.39, 0.29) is 39.4 Å². The van der Waals surface area contributed by atoms with Crippen LogP contribution in [0.5, 0.6) is 11.5 Å². The van der Waals surface area contributed by atoms with Crippen LogP contribution in [-0.4, -0.2) is 27.3 Å². The number of carbonyl (C=O) groups is 2. The second-order valence-corrected chi connectivity index (χ2v) is 6.18. The summed E-state index contributed by atoms with van der Waals surface area (Å²) in [5.74, 6) is -1.52. The van der Waals surface area contributed by atoms with Crippen molar-refractivity contribution in [2.75, 3.05) is 0 Å². The molecular formula is C20H18O7. The van der Waals surface area contributed by atoms with Gasteiger partial charge in [-0.3, -0.25) is 9.59 Å². The van der Waals surface area contributed by atoms with Gasteiger partial charge < -0.3 is 24.8 Å². The largest absolute Gasteiger partial charge is 0.512 e. The van der Waals surface area contributed by atoms with Crippen molar-refractivity contribution in [1.29, 1.82) is 0 Å². The van der Waals surface area contributed by atoms with E-state index in [1.807, 2.05) is 0 Å². The molecule has 0 radical (unpaired) electrons. The van der Waals surface area contributed by atoms with Gasteiger partial charge in [-0.05, 0) is 30.7 Å². The highest BCUT2D eigenvalue weighted by Crippen LogP contribution is 2.37. The van der Waals surface area contributed by atoms with Crippen LogP contribution in [0.25, 0.3) is 11.5 Å². The lowest BCUT2D eigenvalue weighted by atomic mass is 9.87. The minimum absolute atomic E-state index is 0.0248. The van der Waals surface area contributed by atoms with Gasteiger partial charge in [0.25, 0.3) is 0 Å². The molecule has 2 aromatic rings. The third-order valence-corrected chi connectivity index (χ3v) is 4.18. The third-order valence-electron chi connectivity index (χ3n) is 4.18. The fourth-order valence-electron chi connectivity index (χ4n) is 3.11. The zero-order chi connectivity index (χ0) is 19.9. The molecule has 140 valence electrons. The Morgan fingerprint density at radius 1 is 0.963 bits per heavy atom. The molecule has 1 unspecified atom stereocenters. The Labute approximate surface area is 154 Å². The molecule has 0 amide bonds. The number of aliphatic hydroxyl groups is 3. The molecule has 1 aliphatic rings. The Morgan fingerprint density at radius 2 is 1.59 bits per heavy atom. The Hall–Kier alpha value is -3.32. The Bertz CT molecular complexity index is 1080. The Balaban J connectivity index is 2.45. The molecule has 7 heteroatoms. The van der Waals surface area contributed by atoms with Gasteiger partial charge in [-0.15, -0.1) is 0 Å². The monoisotopic (exact) mass is 370 g/mol. The molecule has 27 heavy (non-hydrogen) atoms. The lowest BCUT2D eigenvalue weighted by molar-refractivity contribution is -0.132. The van der Waals surface area contributed by atoms with Crippen molar-refractivity contribution in [2.45, 2.75) is 26.9 Å². The molecule has 0 spiro atoms. The first-order valence-corrected chi connectivity index (χ1v) is 8.16. The summed E-state index contributed by atoms with van der Waals surface area (Å²) in [5.41, 5.74) is 0.709. The van der Waals surface area contributed by atoms with Crippen LogP contribution in [0.1, 0.15) is 43.6 Å².